The quantitative estimate of drug-likeness (QED) is 0.0532. The summed E-state index contributed by atoms with van der Waals surface area (Å²) in [5.41, 5.74) is 0. The molecular weight excluding hydrogens is 879 g/mol. The molecule has 4 heteroatoms. The number of aliphatic hydroxyl groups is 2. The first-order valence-electron chi connectivity index (χ1n) is 34.2. The zero-order valence-corrected chi connectivity index (χ0v) is 50.0. The Morgan fingerprint density at radius 3 is 0.625 bits per heavy atom. The maximum absolute atomic E-state index is 12.5. The summed E-state index contributed by atoms with van der Waals surface area (Å²) in [4.78, 5) is 12.5. The van der Waals surface area contributed by atoms with Crippen molar-refractivity contribution in [1.82, 2.24) is 5.32 Å². The third-order valence-corrected chi connectivity index (χ3v) is 16.6. The van der Waals surface area contributed by atoms with E-state index in [-0.39, 0.29) is 12.5 Å². The molecule has 0 saturated heterocycles. The van der Waals surface area contributed by atoms with Gasteiger partial charge in [0.15, 0.2) is 0 Å². The lowest BCUT2D eigenvalue weighted by Gasteiger charge is -2.22. The topological polar surface area (TPSA) is 69.6 Å². The molecule has 0 spiro atoms. The SMILES string of the molecule is CCCCCCCCCCCCCCCCCCCCCCCCCCCCCCCCCCCCCC(=O)NC(CO)C(O)CCCCCCCCCCCCCCCCCCCCCCCCCCC. The van der Waals surface area contributed by atoms with Gasteiger partial charge in [0.05, 0.1) is 18.8 Å². The number of nitrogens with one attached hydrogen (secondary N) is 1. The zero-order chi connectivity index (χ0) is 52.0. The van der Waals surface area contributed by atoms with Crippen LogP contribution in [0.3, 0.4) is 0 Å². The van der Waals surface area contributed by atoms with E-state index in [1.165, 1.54) is 360 Å². The van der Waals surface area contributed by atoms with Crippen LogP contribution in [0.15, 0.2) is 0 Å². The molecule has 3 N–H and O–H groups in total. The van der Waals surface area contributed by atoms with Crippen molar-refractivity contribution in [2.75, 3.05) is 6.61 Å². The summed E-state index contributed by atoms with van der Waals surface area (Å²) in [5, 5.41) is 23.4. The van der Waals surface area contributed by atoms with Crippen molar-refractivity contribution < 1.29 is 15.0 Å². The molecule has 0 heterocycles. The van der Waals surface area contributed by atoms with Gasteiger partial charge in [-0.3, -0.25) is 4.79 Å². The summed E-state index contributed by atoms with van der Waals surface area (Å²) < 4.78 is 0. The highest BCUT2D eigenvalue weighted by atomic mass is 16.3. The van der Waals surface area contributed by atoms with Crippen LogP contribution in [0.4, 0.5) is 0 Å². The molecule has 2 atom stereocenters. The average Bonchev–Trinajstić information content (AvgIpc) is 3.39. The fourth-order valence-electron chi connectivity index (χ4n) is 11.4. The Kier molecular flexibility index (Phi) is 64.1. The van der Waals surface area contributed by atoms with Crippen molar-refractivity contribution in [2.24, 2.45) is 0 Å². The zero-order valence-electron chi connectivity index (χ0n) is 50.0. The molecule has 0 bridgehead atoms. The Morgan fingerprint density at radius 2 is 0.444 bits per heavy atom. The van der Waals surface area contributed by atoms with E-state index in [2.05, 4.69) is 19.2 Å². The Balaban J connectivity index is 3.35. The maximum atomic E-state index is 12.5. The highest BCUT2D eigenvalue weighted by molar-refractivity contribution is 5.76. The molecule has 432 valence electrons. The normalized spacial score (nSPS) is 12.6. The Labute approximate surface area is 454 Å². The van der Waals surface area contributed by atoms with Crippen LogP contribution in [0.5, 0.6) is 0 Å². The average molecular weight is 1020 g/mol. The summed E-state index contributed by atoms with van der Waals surface area (Å²) in [6.07, 6.45) is 84.5. The van der Waals surface area contributed by atoms with Crippen LogP contribution in [-0.2, 0) is 4.79 Å². The number of hydrogen-bond acceptors (Lipinski definition) is 3. The van der Waals surface area contributed by atoms with Crippen LogP contribution in [0.2, 0.25) is 0 Å². The van der Waals surface area contributed by atoms with E-state index in [9.17, 15) is 15.0 Å². The minimum absolute atomic E-state index is 0.0195. The second-order valence-corrected chi connectivity index (χ2v) is 24.0. The lowest BCUT2D eigenvalue weighted by Crippen LogP contribution is -2.45. The summed E-state index contributed by atoms with van der Waals surface area (Å²) in [6.45, 7) is 4.42. The molecule has 72 heavy (non-hydrogen) atoms. The van der Waals surface area contributed by atoms with Crippen LogP contribution < -0.4 is 5.32 Å². The van der Waals surface area contributed by atoms with Crippen LogP contribution in [0.25, 0.3) is 0 Å². The number of carbonyl (C=O) groups is 1. The summed E-state index contributed by atoms with van der Waals surface area (Å²) in [7, 11) is 0. The van der Waals surface area contributed by atoms with Crippen molar-refractivity contribution in [3.63, 3.8) is 0 Å². The van der Waals surface area contributed by atoms with Gasteiger partial charge in [-0.2, -0.15) is 0 Å². The molecule has 0 aliphatic rings. The first-order valence-corrected chi connectivity index (χ1v) is 34.2. The molecule has 4 nitrogen and oxygen atoms in total. The molecule has 0 rings (SSSR count). The Morgan fingerprint density at radius 1 is 0.278 bits per heavy atom. The number of aliphatic hydroxyl groups excluding tert-OH is 2. The Bertz CT molecular complexity index is 971. The van der Waals surface area contributed by atoms with Crippen LogP contribution in [0, 0.1) is 0 Å². The Hall–Kier alpha value is -0.610. The van der Waals surface area contributed by atoms with Gasteiger partial charge in [-0.05, 0) is 12.8 Å². The number of hydrogen-bond donors (Lipinski definition) is 3. The molecule has 0 aromatic carbocycles. The monoisotopic (exact) mass is 1020 g/mol. The number of unbranched alkanes of at least 4 members (excludes halogenated alkanes) is 58. The first kappa shape index (κ1) is 71.4. The first-order chi connectivity index (χ1) is 35.7. The molecule has 0 aliphatic heterocycles. The summed E-state index contributed by atoms with van der Waals surface area (Å²) in [6, 6.07) is -0.533. The fourth-order valence-corrected chi connectivity index (χ4v) is 11.4. The minimum Gasteiger partial charge on any atom is -0.394 e. The molecular formula is C68H137NO3. The van der Waals surface area contributed by atoms with Crippen molar-refractivity contribution in [3.8, 4) is 0 Å². The van der Waals surface area contributed by atoms with Gasteiger partial charge in [0.25, 0.3) is 0 Å². The van der Waals surface area contributed by atoms with Gasteiger partial charge in [-0.15, -0.1) is 0 Å². The summed E-state index contributed by atoms with van der Waals surface area (Å²) in [5.74, 6) is -0.0195. The summed E-state index contributed by atoms with van der Waals surface area (Å²) >= 11 is 0. The van der Waals surface area contributed by atoms with Gasteiger partial charge in [0.1, 0.15) is 0 Å². The van der Waals surface area contributed by atoms with Gasteiger partial charge >= 0.3 is 0 Å². The van der Waals surface area contributed by atoms with E-state index >= 15 is 0 Å². The van der Waals surface area contributed by atoms with Gasteiger partial charge in [0, 0.05) is 6.42 Å². The molecule has 0 aliphatic carbocycles. The van der Waals surface area contributed by atoms with E-state index in [1.807, 2.05) is 0 Å². The molecule has 0 radical (unpaired) electrons. The number of carbonyl (C=O) groups excluding carboxylic acids is 1. The number of rotatable bonds is 65. The molecule has 0 saturated carbocycles. The van der Waals surface area contributed by atoms with E-state index in [0.717, 1.165) is 25.7 Å². The van der Waals surface area contributed by atoms with Gasteiger partial charge < -0.3 is 15.5 Å². The third-order valence-electron chi connectivity index (χ3n) is 16.6. The predicted molar refractivity (Wildman–Crippen MR) is 323 cm³/mol. The standard InChI is InChI=1S/C68H137NO3/c1-3-5-7-9-11-13-15-17-19-21-23-25-27-29-30-31-32-33-34-35-36-37-38-40-42-44-46-48-50-52-54-56-58-60-62-64-68(72)69-66(65-70)67(71)63-61-59-57-55-53-51-49-47-45-43-41-39-28-26-24-22-20-18-16-14-12-10-8-6-4-2/h66-67,70-71H,3-65H2,1-2H3,(H,69,72). The van der Waals surface area contributed by atoms with Gasteiger partial charge in [0.2, 0.25) is 5.91 Å². The molecule has 2 unspecified atom stereocenters. The third kappa shape index (κ3) is 60.3. The second kappa shape index (κ2) is 64.7. The van der Waals surface area contributed by atoms with E-state index in [4.69, 9.17) is 0 Å². The van der Waals surface area contributed by atoms with E-state index < -0.39 is 12.1 Å². The molecule has 1 amide bonds. The van der Waals surface area contributed by atoms with Crippen LogP contribution in [0.1, 0.15) is 412 Å². The maximum Gasteiger partial charge on any atom is 0.220 e. The molecule has 0 fully saturated rings. The fraction of sp³-hybridized carbons (Fsp3) is 0.985. The van der Waals surface area contributed by atoms with Crippen LogP contribution in [-0.4, -0.2) is 34.9 Å². The van der Waals surface area contributed by atoms with Crippen molar-refractivity contribution in [2.45, 2.75) is 424 Å². The highest BCUT2D eigenvalue weighted by Gasteiger charge is 2.20. The highest BCUT2D eigenvalue weighted by Crippen LogP contribution is 2.20. The van der Waals surface area contributed by atoms with Crippen molar-refractivity contribution in [1.29, 1.82) is 0 Å². The van der Waals surface area contributed by atoms with Gasteiger partial charge in [-0.25, -0.2) is 0 Å². The van der Waals surface area contributed by atoms with Crippen molar-refractivity contribution >= 4 is 5.91 Å². The van der Waals surface area contributed by atoms with E-state index in [0.29, 0.717) is 12.8 Å². The van der Waals surface area contributed by atoms with Crippen LogP contribution >= 0.6 is 0 Å². The lowest BCUT2D eigenvalue weighted by molar-refractivity contribution is -0.123. The minimum atomic E-state index is -0.656. The lowest BCUT2D eigenvalue weighted by atomic mass is 10.0. The molecule has 0 aromatic rings. The van der Waals surface area contributed by atoms with Gasteiger partial charge in [-0.1, -0.05) is 393 Å². The second-order valence-electron chi connectivity index (χ2n) is 24.0. The smallest absolute Gasteiger partial charge is 0.220 e. The van der Waals surface area contributed by atoms with E-state index in [1.54, 1.807) is 0 Å². The largest absolute Gasteiger partial charge is 0.394 e. The number of amides is 1. The molecule has 0 aromatic heterocycles. The van der Waals surface area contributed by atoms with Crippen molar-refractivity contribution in [3.05, 3.63) is 0 Å². The predicted octanol–water partition coefficient (Wildman–Crippen LogP) is 23.1.